The Morgan fingerprint density at radius 1 is 0.388 bits per heavy atom. The highest BCUT2D eigenvalue weighted by Crippen LogP contribution is 2.17. The van der Waals surface area contributed by atoms with E-state index in [0.29, 0.717) is 6.42 Å². The lowest BCUT2D eigenvalue weighted by Crippen LogP contribution is -2.45. The minimum Gasteiger partial charge on any atom is -0.394 e. The van der Waals surface area contributed by atoms with Gasteiger partial charge in [-0.2, -0.15) is 0 Å². The van der Waals surface area contributed by atoms with Gasteiger partial charge in [0.15, 0.2) is 0 Å². The molecule has 5 heteroatoms. The van der Waals surface area contributed by atoms with Crippen LogP contribution in [0.3, 0.4) is 0 Å². The molecule has 0 aliphatic rings. The second-order valence-electron chi connectivity index (χ2n) is 20.6. The Labute approximate surface area is 418 Å². The molecule has 0 aromatic heterocycles. The number of amides is 1. The normalized spacial score (nSPS) is 13.6. The first-order chi connectivity index (χ1) is 33.0. The van der Waals surface area contributed by atoms with Crippen molar-refractivity contribution in [1.82, 2.24) is 5.32 Å². The summed E-state index contributed by atoms with van der Waals surface area (Å²) in [5.41, 5.74) is 0. The molecule has 0 aliphatic carbocycles. The lowest BCUT2D eigenvalue weighted by molar-refractivity contribution is -0.124. The molecule has 0 fully saturated rings. The van der Waals surface area contributed by atoms with Gasteiger partial charge in [0, 0.05) is 0 Å². The third-order valence-corrected chi connectivity index (χ3v) is 13.8. The van der Waals surface area contributed by atoms with Crippen molar-refractivity contribution in [2.45, 2.75) is 334 Å². The van der Waals surface area contributed by atoms with Crippen LogP contribution in [0.2, 0.25) is 0 Å². The molecule has 3 atom stereocenters. The summed E-state index contributed by atoms with van der Waals surface area (Å²) in [7, 11) is 0. The Hall–Kier alpha value is -1.69. The molecule has 0 aromatic carbocycles. The van der Waals surface area contributed by atoms with Gasteiger partial charge in [-0.15, -0.1) is 0 Å². The van der Waals surface area contributed by atoms with Gasteiger partial charge in [-0.1, -0.05) is 294 Å². The number of aliphatic hydroxyl groups is 3. The second kappa shape index (κ2) is 56.9. The largest absolute Gasteiger partial charge is 0.394 e. The molecule has 3 unspecified atom stereocenters. The zero-order valence-electron chi connectivity index (χ0n) is 45.0. The Kier molecular flexibility index (Phi) is 55.5. The van der Waals surface area contributed by atoms with Gasteiger partial charge in [0.05, 0.1) is 31.3 Å². The average Bonchev–Trinajstić information content (AvgIpc) is 3.32. The highest BCUT2D eigenvalue weighted by atomic mass is 16.3. The molecule has 0 bridgehead atoms. The second-order valence-corrected chi connectivity index (χ2v) is 20.6. The molecule has 0 aromatic rings. The van der Waals surface area contributed by atoms with E-state index in [0.717, 1.165) is 38.5 Å². The first-order valence-electron chi connectivity index (χ1n) is 29.9. The summed E-state index contributed by atoms with van der Waals surface area (Å²) in [5, 5.41) is 33.5. The molecular weight excluding hydrogens is 823 g/mol. The van der Waals surface area contributed by atoms with E-state index < -0.39 is 18.2 Å². The molecule has 394 valence electrons. The summed E-state index contributed by atoms with van der Waals surface area (Å²) in [6.45, 7) is 4.23. The molecule has 0 spiro atoms. The summed E-state index contributed by atoms with van der Waals surface area (Å²) in [4.78, 5) is 12.5. The fourth-order valence-electron chi connectivity index (χ4n) is 9.27. The van der Waals surface area contributed by atoms with Gasteiger partial charge < -0.3 is 20.6 Å². The van der Waals surface area contributed by atoms with Crippen LogP contribution in [-0.4, -0.2) is 46.1 Å². The first kappa shape index (κ1) is 65.3. The molecule has 0 saturated heterocycles. The molecule has 0 heterocycles. The third-order valence-electron chi connectivity index (χ3n) is 13.8. The highest BCUT2D eigenvalue weighted by Gasteiger charge is 2.20. The van der Waals surface area contributed by atoms with Gasteiger partial charge in [0.25, 0.3) is 0 Å². The first-order valence-corrected chi connectivity index (χ1v) is 29.9. The van der Waals surface area contributed by atoms with Crippen LogP contribution in [0, 0.1) is 0 Å². The fraction of sp³-hybridized carbons (Fsp3) is 0.855. The van der Waals surface area contributed by atoms with E-state index in [2.05, 4.69) is 55.6 Å². The molecule has 1 amide bonds. The lowest BCUT2D eigenvalue weighted by Gasteiger charge is -2.21. The molecule has 0 radical (unpaired) electrons. The summed E-state index contributed by atoms with van der Waals surface area (Å²) in [6.07, 6.45) is 76.0. The van der Waals surface area contributed by atoms with Crippen LogP contribution in [0.15, 0.2) is 48.6 Å². The van der Waals surface area contributed by atoms with E-state index in [1.807, 2.05) is 6.08 Å². The molecule has 0 aliphatic heterocycles. The van der Waals surface area contributed by atoms with Gasteiger partial charge in [0.1, 0.15) is 0 Å². The minimum absolute atomic E-state index is 0.00553. The predicted octanol–water partition coefficient (Wildman–Crippen LogP) is 18.8. The Bertz CT molecular complexity index is 1080. The van der Waals surface area contributed by atoms with Crippen molar-refractivity contribution in [3.8, 4) is 0 Å². The highest BCUT2D eigenvalue weighted by molar-refractivity contribution is 5.76. The summed E-state index contributed by atoms with van der Waals surface area (Å²) in [6, 6.07) is -0.763. The minimum atomic E-state index is -0.954. The maximum atomic E-state index is 12.5. The van der Waals surface area contributed by atoms with Crippen molar-refractivity contribution < 1.29 is 20.1 Å². The number of unbranched alkanes of at least 4 members (excludes halogenated alkanes) is 40. The quantitative estimate of drug-likeness (QED) is 0.0361. The number of carbonyl (C=O) groups excluding carboxylic acids is 1. The summed E-state index contributed by atoms with van der Waals surface area (Å²) in [5.74, 6) is -0.323. The van der Waals surface area contributed by atoms with Gasteiger partial charge in [-0.25, -0.2) is 0 Å². The van der Waals surface area contributed by atoms with E-state index in [1.165, 1.54) is 250 Å². The number of hydrogen-bond donors (Lipinski definition) is 4. The fourth-order valence-corrected chi connectivity index (χ4v) is 9.27. The molecule has 5 nitrogen and oxygen atoms in total. The van der Waals surface area contributed by atoms with Crippen LogP contribution in [-0.2, 0) is 4.79 Å². The number of nitrogens with one attached hydrogen (secondary N) is 1. The van der Waals surface area contributed by atoms with E-state index >= 15 is 0 Å². The zero-order chi connectivity index (χ0) is 48.6. The Balaban J connectivity index is 3.59. The van der Waals surface area contributed by atoms with Crippen molar-refractivity contribution in [3.63, 3.8) is 0 Å². The van der Waals surface area contributed by atoms with Gasteiger partial charge >= 0.3 is 0 Å². The predicted molar refractivity (Wildman–Crippen MR) is 296 cm³/mol. The number of rotatable bonds is 55. The number of aliphatic hydroxyl groups excluding tert-OH is 3. The van der Waals surface area contributed by atoms with Crippen molar-refractivity contribution in [2.24, 2.45) is 0 Å². The number of allylic oxidation sites excluding steroid dienone is 7. The van der Waals surface area contributed by atoms with E-state index in [4.69, 9.17) is 0 Å². The zero-order valence-corrected chi connectivity index (χ0v) is 45.0. The number of carbonyl (C=O) groups is 1. The van der Waals surface area contributed by atoms with Crippen LogP contribution >= 0.6 is 0 Å². The Morgan fingerprint density at radius 3 is 1.04 bits per heavy atom. The van der Waals surface area contributed by atoms with Crippen LogP contribution in [0.5, 0.6) is 0 Å². The molecule has 0 saturated carbocycles. The molecule has 0 rings (SSSR count). The topological polar surface area (TPSA) is 89.8 Å². The summed E-state index contributed by atoms with van der Waals surface area (Å²) < 4.78 is 0. The molecule has 4 N–H and O–H groups in total. The van der Waals surface area contributed by atoms with Crippen LogP contribution < -0.4 is 5.32 Å². The molecule has 67 heavy (non-hydrogen) atoms. The van der Waals surface area contributed by atoms with Crippen LogP contribution in [0.25, 0.3) is 0 Å². The lowest BCUT2D eigenvalue weighted by atomic mass is 10.0. The Morgan fingerprint density at radius 2 is 0.687 bits per heavy atom. The monoisotopic (exact) mass is 940 g/mol. The van der Waals surface area contributed by atoms with E-state index in [-0.39, 0.29) is 18.9 Å². The number of hydrogen-bond acceptors (Lipinski definition) is 4. The van der Waals surface area contributed by atoms with Gasteiger partial charge in [-0.3, -0.25) is 4.79 Å². The third kappa shape index (κ3) is 53.5. The maximum absolute atomic E-state index is 12.5. The standard InChI is InChI=1S/C62H117NO4/c1-3-5-7-9-11-13-15-17-19-21-23-25-27-28-29-30-31-32-34-35-37-39-41-43-45-47-49-51-53-55-59(65)57-62(67)63-60(58-64)61(66)56-54-52-50-48-46-44-42-40-38-36-33-26-24-22-20-18-16-14-12-10-8-6-4-2/h23,25,28-29,46,48,54,56,59-61,64-66H,3-22,24,26-27,30-45,47,49-53,55,57-58H2,1-2H3,(H,63,67)/b25-23-,29-28-,48-46+,56-54+. The van der Waals surface area contributed by atoms with E-state index in [9.17, 15) is 20.1 Å². The average molecular weight is 941 g/mol. The van der Waals surface area contributed by atoms with E-state index in [1.54, 1.807) is 6.08 Å². The van der Waals surface area contributed by atoms with Crippen LogP contribution in [0.4, 0.5) is 0 Å². The van der Waals surface area contributed by atoms with Crippen molar-refractivity contribution in [1.29, 1.82) is 0 Å². The molecular formula is C62H117NO4. The van der Waals surface area contributed by atoms with Crippen LogP contribution in [0.1, 0.15) is 316 Å². The maximum Gasteiger partial charge on any atom is 0.222 e. The van der Waals surface area contributed by atoms with Crippen molar-refractivity contribution in [3.05, 3.63) is 48.6 Å². The van der Waals surface area contributed by atoms with Crippen molar-refractivity contribution in [2.75, 3.05) is 6.61 Å². The smallest absolute Gasteiger partial charge is 0.222 e. The van der Waals surface area contributed by atoms with Crippen molar-refractivity contribution >= 4 is 5.91 Å². The SMILES string of the molecule is CCCCCCCCCCC/C=C\C/C=C\CCCCCCCCCCCCCCCC(O)CC(=O)NC(CO)C(O)/C=C/CC/C=C/CCCCCCCCCCCCCCCCCCC. The van der Waals surface area contributed by atoms with Gasteiger partial charge in [-0.05, 0) is 64.2 Å². The van der Waals surface area contributed by atoms with Gasteiger partial charge in [0.2, 0.25) is 5.91 Å². The summed E-state index contributed by atoms with van der Waals surface area (Å²) >= 11 is 0.